The Morgan fingerprint density at radius 3 is 2.72 bits per heavy atom. The molecule has 2 heterocycles. The number of nitrogens with one attached hydrogen (secondary N) is 1. The summed E-state index contributed by atoms with van der Waals surface area (Å²) < 4.78 is 1.99. The van der Waals surface area contributed by atoms with E-state index >= 15 is 0 Å². The first-order chi connectivity index (χ1) is 14.0. The molecule has 0 spiro atoms. The minimum Gasteiger partial charge on any atom is -0.349 e. The lowest BCUT2D eigenvalue weighted by molar-refractivity contribution is -0.139. The Hall–Kier alpha value is -2.86. The summed E-state index contributed by atoms with van der Waals surface area (Å²) in [5, 5.41) is 3.66. The van der Waals surface area contributed by atoms with Gasteiger partial charge in [0.05, 0.1) is 23.5 Å². The molecular formula is C22H23ClN4O2. The third-order valence-corrected chi connectivity index (χ3v) is 5.71. The third-order valence-electron chi connectivity index (χ3n) is 5.46. The normalized spacial score (nSPS) is 17.0. The zero-order valence-corrected chi connectivity index (χ0v) is 17.0. The van der Waals surface area contributed by atoms with E-state index in [0.717, 1.165) is 22.4 Å². The molecule has 1 fully saturated rings. The van der Waals surface area contributed by atoms with E-state index in [1.807, 2.05) is 60.1 Å². The van der Waals surface area contributed by atoms with Crippen molar-refractivity contribution >= 4 is 34.4 Å². The first kappa shape index (κ1) is 19.5. The Kier molecular flexibility index (Phi) is 5.53. The molecule has 0 saturated carbocycles. The van der Waals surface area contributed by atoms with Gasteiger partial charge in [0.2, 0.25) is 11.8 Å². The van der Waals surface area contributed by atoms with Crippen molar-refractivity contribution in [3.05, 3.63) is 64.9 Å². The molecule has 0 aliphatic carbocycles. The van der Waals surface area contributed by atoms with Gasteiger partial charge in [-0.2, -0.15) is 0 Å². The van der Waals surface area contributed by atoms with Gasteiger partial charge in [0.15, 0.2) is 0 Å². The van der Waals surface area contributed by atoms with Crippen LogP contribution in [0.4, 0.5) is 0 Å². The van der Waals surface area contributed by atoms with Crippen LogP contribution >= 0.6 is 11.6 Å². The van der Waals surface area contributed by atoms with E-state index in [4.69, 9.17) is 11.6 Å². The van der Waals surface area contributed by atoms with Crippen molar-refractivity contribution in [1.29, 1.82) is 0 Å². The Balaban J connectivity index is 1.38. The zero-order valence-electron chi connectivity index (χ0n) is 16.3. The van der Waals surface area contributed by atoms with E-state index in [1.165, 1.54) is 0 Å². The first-order valence-electron chi connectivity index (χ1n) is 9.71. The molecule has 0 bridgehead atoms. The minimum atomic E-state index is -0.213. The van der Waals surface area contributed by atoms with E-state index < -0.39 is 0 Å². The molecule has 1 aromatic heterocycles. The van der Waals surface area contributed by atoms with Crippen LogP contribution in [0.1, 0.15) is 24.2 Å². The van der Waals surface area contributed by atoms with Crippen molar-refractivity contribution in [2.24, 2.45) is 13.0 Å². The summed E-state index contributed by atoms with van der Waals surface area (Å²) in [6.45, 7) is 1.28. The van der Waals surface area contributed by atoms with Crippen molar-refractivity contribution < 1.29 is 9.59 Å². The first-order valence-corrected chi connectivity index (χ1v) is 10.1. The largest absolute Gasteiger partial charge is 0.349 e. The van der Waals surface area contributed by atoms with Gasteiger partial charge in [-0.1, -0.05) is 35.9 Å². The highest BCUT2D eigenvalue weighted by Crippen LogP contribution is 2.21. The maximum Gasteiger partial charge on any atom is 0.225 e. The molecule has 29 heavy (non-hydrogen) atoms. The van der Waals surface area contributed by atoms with E-state index in [2.05, 4.69) is 10.3 Å². The molecule has 1 aliphatic heterocycles. The van der Waals surface area contributed by atoms with E-state index in [-0.39, 0.29) is 17.7 Å². The monoisotopic (exact) mass is 410 g/mol. The highest BCUT2D eigenvalue weighted by Gasteiger charge is 2.30. The zero-order chi connectivity index (χ0) is 20.4. The number of imidazole rings is 1. The highest BCUT2D eigenvalue weighted by atomic mass is 35.5. The molecular weight excluding hydrogens is 388 g/mol. The minimum absolute atomic E-state index is 0.0364. The highest BCUT2D eigenvalue weighted by molar-refractivity contribution is 6.30. The fourth-order valence-electron chi connectivity index (χ4n) is 3.76. The number of amides is 2. The lowest BCUT2D eigenvalue weighted by atomic mass is 9.96. The van der Waals surface area contributed by atoms with Gasteiger partial charge in [-0.15, -0.1) is 0 Å². The molecule has 0 radical (unpaired) electrons. The number of para-hydroxylation sites is 2. The van der Waals surface area contributed by atoms with Crippen molar-refractivity contribution in [2.75, 3.05) is 6.54 Å². The smallest absolute Gasteiger partial charge is 0.225 e. The lowest BCUT2D eigenvalue weighted by Gasteiger charge is -2.32. The van der Waals surface area contributed by atoms with Crippen LogP contribution in [-0.4, -0.2) is 32.8 Å². The molecule has 1 aliphatic rings. The van der Waals surface area contributed by atoms with Gasteiger partial charge in [0, 0.05) is 31.6 Å². The van der Waals surface area contributed by atoms with Gasteiger partial charge in [0.1, 0.15) is 5.82 Å². The molecule has 3 aromatic rings. The summed E-state index contributed by atoms with van der Waals surface area (Å²) in [4.78, 5) is 31.4. The summed E-state index contributed by atoms with van der Waals surface area (Å²) in [5.41, 5.74) is 2.95. The van der Waals surface area contributed by atoms with Crippen LogP contribution in [0.15, 0.2) is 48.5 Å². The molecule has 1 saturated heterocycles. The van der Waals surface area contributed by atoms with Crippen LogP contribution in [0.2, 0.25) is 5.02 Å². The Labute approximate surface area is 174 Å². The number of aryl methyl sites for hydroxylation is 1. The van der Waals surface area contributed by atoms with Gasteiger partial charge in [-0.3, -0.25) is 9.59 Å². The average Bonchev–Trinajstić information content (AvgIpc) is 3.05. The van der Waals surface area contributed by atoms with Crippen LogP contribution in [0.3, 0.4) is 0 Å². The van der Waals surface area contributed by atoms with E-state index in [0.29, 0.717) is 37.5 Å². The number of carbonyl (C=O) groups excluding carboxylic acids is 2. The van der Waals surface area contributed by atoms with Gasteiger partial charge in [-0.25, -0.2) is 4.98 Å². The number of aromatic nitrogens is 2. The summed E-state index contributed by atoms with van der Waals surface area (Å²) >= 11 is 5.93. The van der Waals surface area contributed by atoms with Crippen LogP contribution in [0.5, 0.6) is 0 Å². The van der Waals surface area contributed by atoms with Crippen LogP contribution in [-0.2, 0) is 29.7 Å². The predicted molar refractivity (Wildman–Crippen MR) is 112 cm³/mol. The molecule has 150 valence electrons. The Bertz CT molecular complexity index is 1040. The number of likely N-dealkylation sites (tertiary alicyclic amines) is 1. The number of hydrogen-bond donors (Lipinski definition) is 1. The molecule has 2 aromatic carbocycles. The molecule has 1 N–H and O–H groups in total. The Morgan fingerprint density at radius 2 is 1.97 bits per heavy atom. The SMILES string of the molecule is Cn1c(CNC(=O)[C@H]2CCC(=O)N(Cc3ccc(Cl)cc3)C2)nc2ccccc21. The second-order valence-electron chi connectivity index (χ2n) is 7.43. The fourth-order valence-corrected chi connectivity index (χ4v) is 3.88. The van der Waals surface area contributed by atoms with Crippen LogP contribution in [0.25, 0.3) is 11.0 Å². The number of rotatable bonds is 5. The fraction of sp³-hybridized carbons (Fsp3) is 0.318. The van der Waals surface area contributed by atoms with Crippen LogP contribution < -0.4 is 5.32 Å². The second kappa shape index (κ2) is 8.25. The third kappa shape index (κ3) is 4.27. The topological polar surface area (TPSA) is 67.2 Å². The molecule has 2 amide bonds. The van der Waals surface area contributed by atoms with Gasteiger partial charge >= 0.3 is 0 Å². The molecule has 7 heteroatoms. The van der Waals surface area contributed by atoms with Crippen molar-refractivity contribution in [3.8, 4) is 0 Å². The molecule has 4 rings (SSSR count). The summed E-state index contributed by atoms with van der Waals surface area (Å²) in [6.07, 6.45) is 0.961. The summed E-state index contributed by atoms with van der Waals surface area (Å²) in [5.74, 6) is 0.643. The second-order valence-corrected chi connectivity index (χ2v) is 7.87. The number of halogens is 1. The van der Waals surface area contributed by atoms with Crippen molar-refractivity contribution in [3.63, 3.8) is 0 Å². The quantitative estimate of drug-likeness (QED) is 0.701. The molecule has 0 unspecified atom stereocenters. The molecule has 6 nitrogen and oxygen atoms in total. The van der Waals surface area contributed by atoms with Gasteiger partial charge in [0.25, 0.3) is 0 Å². The number of nitrogens with zero attached hydrogens (tertiary/aromatic N) is 3. The maximum absolute atomic E-state index is 12.7. The maximum atomic E-state index is 12.7. The molecule has 1 atom stereocenters. The number of fused-ring (bicyclic) bond motifs is 1. The summed E-state index contributed by atoms with van der Waals surface area (Å²) in [7, 11) is 1.95. The number of benzene rings is 2. The standard InChI is InChI=1S/C22H23ClN4O2/c1-26-19-5-3-2-4-18(19)25-20(26)12-24-22(29)16-8-11-21(28)27(14-16)13-15-6-9-17(23)10-7-15/h2-7,9-10,16H,8,11-14H2,1H3,(H,24,29)/t16-/m0/s1. The van der Waals surface area contributed by atoms with E-state index in [1.54, 1.807) is 4.90 Å². The average molecular weight is 411 g/mol. The van der Waals surface area contributed by atoms with Gasteiger partial charge in [-0.05, 0) is 36.2 Å². The van der Waals surface area contributed by atoms with Gasteiger partial charge < -0.3 is 14.8 Å². The van der Waals surface area contributed by atoms with Crippen molar-refractivity contribution in [2.45, 2.75) is 25.9 Å². The predicted octanol–water partition coefficient (Wildman–Crippen LogP) is 3.28. The van der Waals surface area contributed by atoms with Crippen LogP contribution in [0, 0.1) is 5.92 Å². The number of carbonyl (C=O) groups is 2. The number of piperidine rings is 1. The van der Waals surface area contributed by atoms with E-state index in [9.17, 15) is 9.59 Å². The van der Waals surface area contributed by atoms with Crippen molar-refractivity contribution in [1.82, 2.24) is 19.8 Å². The number of hydrogen-bond acceptors (Lipinski definition) is 3. The Morgan fingerprint density at radius 1 is 1.21 bits per heavy atom. The summed E-state index contributed by atoms with van der Waals surface area (Å²) in [6, 6.07) is 15.3. The lowest BCUT2D eigenvalue weighted by Crippen LogP contribution is -2.45.